The number of rotatable bonds is 5. The third-order valence-corrected chi connectivity index (χ3v) is 6.03. The summed E-state index contributed by atoms with van der Waals surface area (Å²) in [4.78, 5) is 2.91. The van der Waals surface area contributed by atoms with Gasteiger partial charge >= 0.3 is 0 Å². The second-order valence-corrected chi connectivity index (χ2v) is 7.54. The van der Waals surface area contributed by atoms with Crippen molar-refractivity contribution >= 4 is 33.2 Å². The van der Waals surface area contributed by atoms with E-state index in [1.54, 1.807) is 0 Å². The van der Waals surface area contributed by atoms with Crippen molar-refractivity contribution in [2.24, 2.45) is 5.92 Å². The van der Waals surface area contributed by atoms with Gasteiger partial charge in [-0.25, -0.2) is 0 Å². The molecule has 2 aromatic rings. The second-order valence-electron chi connectivity index (χ2n) is 5.33. The van der Waals surface area contributed by atoms with Gasteiger partial charge in [-0.3, -0.25) is 0 Å². The molecule has 0 fully saturated rings. The Labute approximate surface area is 119 Å². The standard InChI is InChI=1S/C16H22S2/c1-5-12(4)10-17-14-7-6-13-8-15(11(2)3)18-16(13)9-14/h6-9,11-12H,5,10H2,1-4H3/t12-/m0/s1. The minimum Gasteiger partial charge on any atom is -0.140 e. The van der Waals surface area contributed by atoms with Crippen LogP contribution in [0.2, 0.25) is 0 Å². The highest BCUT2D eigenvalue weighted by molar-refractivity contribution is 7.99. The normalized spacial score (nSPS) is 13.4. The van der Waals surface area contributed by atoms with E-state index in [1.807, 2.05) is 23.1 Å². The molecule has 1 aromatic carbocycles. The lowest BCUT2D eigenvalue weighted by Crippen LogP contribution is -1.94. The first-order valence-corrected chi connectivity index (χ1v) is 8.56. The zero-order valence-corrected chi connectivity index (χ0v) is 13.3. The largest absolute Gasteiger partial charge is 0.140 e. The van der Waals surface area contributed by atoms with Crippen LogP contribution in [0.1, 0.15) is 44.9 Å². The van der Waals surface area contributed by atoms with E-state index in [4.69, 9.17) is 0 Å². The molecule has 2 rings (SSSR count). The number of benzene rings is 1. The van der Waals surface area contributed by atoms with Crippen LogP contribution in [-0.2, 0) is 0 Å². The van der Waals surface area contributed by atoms with E-state index in [2.05, 4.69) is 52.0 Å². The van der Waals surface area contributed by atoms with Crippen molar-refractivity contribution in [1.29, 1.82) is 0 Å². The summed E-state index contributed by atoms with van der Waals surface area (Å²) in [7, 11) is 0. The Morgan fingerprint density at radius 2 is 1.94 bits per heavy atom. The first-order valence-electron chi connectivity index (χ1n) is 6.76. The molecule has 0 nitrogen and oxygen atoms in total. The quantitative estimate of drug-likeness (QED) is 0.590. The first-order chi connectivity index (χ1) is 8.60. The molecule has 1 aromatic heterocycles. The Hall–Kier alpha value is -0.470. The van der Waals surface area contributed by atoms with E-state index < -0.39 is 0 Å². The number of fused-ring (bicyclic) bond motifs is 1. The monoisotopic (exact) mass is 278 g/mol. The van der Waals surface area contributed by atoms with Gasteiger partial charge in [0.2, 0.25) is 0 Å². The van der Waals surface area contributed by atoms with Crippen LogP contribution < -0.4 is 0 Å². The van der Waals surface area contributed by atoms with Crippen molar-refractivity contribution in [3.63, 3.8) is 0 Å². The van der Waals surface area contributed by atoms with Gasteiger partial charge in [-0.05, 0) is 35.4 Å². The molecule has 0 saturated heterocycles. The fraction of sp³-hybridized carbons (Fsp3) is 0.500. The van der Waals surface area contributed by atoms with Crippen LogP contribution in [0.25, 0.3) is 10.1 Å². The molecule has 1 atom stereocenters. The van der Waals surface area contributed by atoms with Gasteiger partial charge < -0.3 is 0 Å². The van der Waals surface area contributed by atoms with E-state index in [-0.39, 0.29) is 0 Å². The third-order valence-electron chi connectivity index (χ3n) is 3.31. The molecule has 0 aliphatic rings. The molecule has 1 heterocycles. The average Bonchev–Trinajstić information content (AvgIpc) is 2.79. The lowest BCUT2D eigenvalue weighted by molar-refractivity contribution is 0.637. The number of hydrogen-bond acceptors (Lipinski definition) is 2. The molecule has 0 aliphatic heterocycles. The minimum absolute atomic E-state index is 0.638. The summed E-state index contributed by atoms with van der Waals surface area (Å²) in [6.45, 7) is 9.13. The Balaban J connectivity index is 2.16. The number of thioether (sulfide) groups is 1. The molecule has 0 N–H and O–H groups in total. The highest BCUT2D eigenvalue weighted by atomic mass is 32.2. The van der Waals surface area contributed by atoms with Crippen LogP contribution in [0.4, 0.5) is 0 Å². The van der Waals surface area contributed by atoms with Gasteiger partial charge in [-0.2, -0.15) is 0 Å². The maximum absolute atomic E-state index is 2.36. The number of thiophene rings is 1. The van der Waals surface area contributed by atoms with E-state index in [0.717, 1.165) is 5.92 Å². The molecular formula is C16H22S2. The fourth-order valence-corrected chi connectivity index (χ4v) is 4.02. The molecule has 0 amide bonds. The van der Waals surface area contributed by atoms with E-state index in [1.165, 1.54) is 32.0 Å². The van der Waals surface area contributed by atoms with Crippen LogP contribution in [-0.4, -0.2) is 5.75 Å². The van der Waals surface area contributed by atoms with Gasteiger partial charge in [0.15, 0.2) is 0 Å². The molecule has 0 radical (unpaired) electrons. The Bertz CT molecular complexity index is 511. The predicted octanol–water partition coefficient (Wildman–Crippen LogP) is 6.16. The lowest BCUT2D eigenvalue weighted by atomic mass is 10.1. The van der Waals surface area contributed by atoms with Crippen molar-refractivity contribution in [3.8, 4) is 0 Å². The van der Waals surface area contributed by atoms with Crippen LogP contribution >= 0.6 is 23.1 Å². The van der Waals surface area contributed by atoms with Crippen molar-refractivity contribution < 1.29 is 0 Å². The zero-order chi connectivity index (χ0) is 13.1. The van der Waals surface area contributed by atoms with Crippen molar-refractivity contribution in [1.82, 2.24) is 0 Å². The topological polar surface area (TPSA) is 0 Å². The van der Waals surface area contributed by atoms with Gasteiger partial charge in [0.25, 0.3) is 0 Å². The molecular weight excluding hydrogens is 256 g/mol. The van der Waals surface area contributed by atoms with Crippen molar-refractivity contribution in [2.75, 3.05) is 5.75 Å². The van der Waals surface area contributed by atoms with E-state index >= 15 is 0 Å². The minimum atomic E-state index is 0.638. The molecule has 0 bridgehead atoms. The maximum Gasteiger partial charge on any atom is 0.0356 e. The lowest BCUT2D eigenvalue weighted by Gasteiger charge is -2.07. The summed E-state index contributed by atoms with van der Waals surface area (Å²) in [6.07, 6.45) is 1.27. The number of hydrogen-bond donors (Lipinski definition) is 0. The van der Waals surface area contributed by atoms with Crippen molar-refractivity contribution in [3.05, 3.63) is 29.1 Å². The van der Waals surface area contributed by atoms with Gasteiger partial charge in [-0.1, -0.05) is 40.2 Å². The van der Waals surface area contributed by atoms with E-state index in [9.17, 15) is 0 Å². The van der Waals surface area contributed by atoms with Crippen molar-refractivity contribution in [2.45, 2.75) is 44.9 Å². The zero-order valence-electron chi connectivity index (χ0n) is 11.7. The molecule has 2 heteroatoms. The summed E-state index contributed by atoms with van der Waals surface area (Å²) in [6, 6.07) is 9.25. The average molecular weight is 278 g/mol. The highest BCUT2D eigenvalue weighted by Gasteiger charge is 2.07. The third kappa shape index (κ3) is 3.30. The van der Waals surface area contributed by atoms with Gasteiger partial charge in [-0.15, -0.1) is 23.1 Å². The second kappa shape index (κ2) is 6.12. The summed E-state index contributed by atoms with van der Waals surface area (Å²) in [5.74, 6) is 2.67. The summed E-state index contributed by atoms with van der Waals surface area (Å²) >= 11 is 3.94. The van der Waals surface area contributed by atoms with Crippen LogP contribution in [0.15, 0.2) is 29.2 Å². The van der Waals surface area contributed by atoms with Gasteiger partial charge in [0, 0.05) is 20.2 Å². The Morgan fingerprint density at radius 1 is 1.17 bits per heavy atom. The smallest absolute Gasteiger partial charge is 0.0356 e. The molecule has 98 valence electrons. The SMILES string of the molecule is CC[C@H](C)CSc1ccc2cc(C(C)C)sc2c1. The van der Waals surface area contributed by atoms with Gasteiger partial charge in [0.05, 0.1) is 0 Å². The maximum atomic E-state index is 2.36. The van der Waals surface area contributed by atoms with E-state index in [0.29, 0.717) is 5.92 Å². The first kappa shape index (κ1) is 14.0. The summed E-state index contributed by atoms with van der Waals surface area (Å²) < 4.78 is 1.44. The molecule has 0 aliphatic carbocycles. The van der Waals surface area contributed by atoms with Crippen LogP contribution in [0, 0.1) is 5.92 Å². The fourth-order valence-electron chi connectivity index (χ4n) is 1.76. The molecule has 0 unspecified atom stereocenters. The Morgan fingerprint density at radius 3 is 2.61 bits per heavy atom. The molecule has 18 heavy (non-hydrogen) atoms. The van der Waals surface area contributed by atoms with Crippen LogP contribution in [0.5, 0.6) is 0 Å². The van der Waals surface area contributed by atoms with Gasteiger partial charge in [0.1, 0.15) is 0 Å². The van der Waals surface area contributed by atoms with Crippen LogP contribution in [0.3, 0.4) is 0 Å². The summed E-state index contributed by atoms with van der Waals surface area (Å²) in [5, 5.41) is 1.40. The molecule has 0 saturated carbocycles. The molecule has 0 spiro atoms. The predicted molar refractivity (Wildman–Crippen MR) is 86.1 cm³/mol. The summed E-state index contributed by atoms with van der Waals surface area (Å²) in [5.41, 5.74) is 0. The Kier molecular flexibility index (Phi) is 4.74. The highest BCUT2D eigenvalue weighted by Crippen LogP contribution is 2.33.